The first-order valence-corrected chi connectivity index (χ1v) is 8.45. The molecule has 0 spiro atoms. The maximum atomic E-state index is 12.5. The molecule has 0 unspecified atom stereocenters. The largest absolute Gasteiger partial charge is 0.467 e. The fraction of sp³-hybridized carbons (Fsp3) is 0.176. The van der Waals surface area contributed by atoms with Gasteiger partial charge in [-0.3, -0.25) is 4.79 Å². The molecule has 0 saturated heterocycles. The maximum Gasteiger partial charge on any atom is 0.267 e. The summed E-state index contributed by atoms with van der Waals surface area (Å²) >= 11 is 1.30. The summed E-state index contributed by atoms with van der Waals surface area (Å²) in [5.41, 5.74) is 1.32. The van der Waals surface area contributed by atoms with Gasteiger partial charge in [0.25, 0.3) is 5.91 Å². The molecule has 1 amide bonds. The second-order valence-corrected chi connectivity index (χ2v) is 6.39. The molecule has 1 aliphatic heterocycles. The van der Waals surface area contributed by atoms with Gasteiger partial charge in [-0.25, -0.2) is 4.98 Å². The van der Waals surface area contributed by atoms with E-state index in [4.69, 9.17) is 13.9 Å². The molecule has 1 aliphatic rings. The Balaban J connectivity index is 1.44. The lowest BCUT2D eigenvalue weighted by Crippen LogP contribution is -2.11. The summed E-state index contributed by atoms with van der Waals surface area (Å²) in [4.78, 5) is 17.5. The summed E-state index contributed by atoms with van der Waals surface area (Å²) < 4.78 is 15.9. The zero-order valence-electron chi connectivity index (χ0n) is 13.4. The van der Waals surface area contributed by atoms with Gasteiger partial charge < -0.3 is 24.5 Å². The molecule has 0 aliphatic carbocycles. The summed E-state index contributed by atoms with van der Waals surface area (Å²) in [6.07, 6.45) is 1.62. The van der Waals surface area contributed by atoms with Gasteiger partial charge in [0.05, 0.1) is 18.5 Å². The molecule has 3 heterocycles. The van der Waals surface area contributed by atoms with Crippen LogP contribution in [-0.4, -0.2) is 17.7 Å². The molecule has 0 saturated carbocycles. The molecule has 8 heteroatoms. The van der Waals surface area contributed by atoms with Crippen LogP contribution < -0.4 is 20.1 Å². The Labute approximate surface area is 147 Å². The second-order valence-electron chi connectivity index (χ2n) is 5.39. The van der Waals surface area contributed by atoms with E-state index in [9.17, 15) is 4.79 Å². The van der Waals surface area contributed by atoms with Crippen LogP contribution >= 0.6 is 11.3 Å². The van der Waals surface area contributed by atoms with Gasteiger partial charge in [-0.2, -0.15) is 0 Å². The molecule has 128 valence electrons. The summed E-state index contributed by atoms with van der Waals surface area (Å²) in [7, 11) is 0. The fourth-order valence-corrected chi connectivity index (χ4v) is 3.28. The summed E-state index contributed by atoms with van der Waals surface area (Å²) in [5.74, 6) is 1.90. The molecular weight excluding hydrogens is 342 g/mol. The van der Waals surface area contributed by atoms with E-state index in [2.05, 4.69) is 15.6 Å². The number of aromatic nitrogens is 1. The number of anilines is 2. The predicted octanol–water partition coefficient (Wildman–Crippen LogP) is 3.64. The van der Waals surface area contributed by atoms with E-state index in [-0.39, 0.29) is 12.7 Å². The lowest BCUT2D eigenvalue weighted by molar-refractivity contribution is 0.103. The number of carbonyl (C=O) groups excluding carboxylic acids is 1. The molecule has 0 radical (unpaired) electrons. The third-order valence-electron chi connectivity index (χ3n) is 3.63. The van der Waals surface area contributed by atoms with Crippen molar-refractivity contribution < 1.29 is 18.7 Å². The van der Waals surface area contributed by atoms with Crippen LogP contribution in [0.3, 0.4) is 0 Å². The number of benzene rings is 1. The Morgan fingerprint density at radius 1 is 1.28 bits per heavy atom. The number of nitrogens with zero attached hydrogens (tertiary/aromatic N) is 1. The van der Waals surface area contributed by atoms with E-state index in [1.807, 2.05) is 19.1 Å². The summed E-state index contributed by atoms with van der Waals surface area (Å²) in [5, 5.41) is 6.69. The SMILES string of the molecule is Cc1nc(NCc2ccco2)sc1C(=O)Nc1ccc2c(c1)OCO2. The molecule has 0 atom stereocenters. The van der Waals surface area contributed by atoms with Crippen LogP contribution in [0.15, 0.2) is 41.0 Å². The van der Waals surface area contributed by atoms with Crippen molar-refractivity contribution in [2.45, 2.75) is 13.5 Å². The molecule has 25 heavy (non-hydrogen) atoms. The quantitative estimate of drug-likeness (QED) is 0.725. The zero-order valence-corrected chi connectivity index (χ0v) is 14.2. The van der Waals surface area contributed by atoms with Crippen molar-refractivity contribution in [1.29, 1.82) is 0 Å². The molecule has 0 bridgehead atoms. The van der Waals surface area contributed by atoms with Crippen LogP contribution in [0.25, 0.3) is 0 Å². The van der Waals surface area contributed by atoms with Crippen molar-refractivity contribution in [2.75, 3.05) is 17.4 Å². The van der Waals surface area contributed by atoms with E-state index in [0.29, 0.717) is 39.4 Å². The maximum absolute atomic E-state index is 12.5. The van der Waals surface area contributed by atoms with Gasteiger partial charge in [0.15, 0.2) is 16.6 Å². The minimum atomic E-state index is -0.208. The Kier molecular flexibility index (Phi) is 4.02. The van der Waals surface area contributed by atoms with Gasteiger partial charge in [-0.05, 0) is 31.2 Å². The lowest BCUT2D eigenvalue weighted by atomic mass is 10.2. The number of fused-ring (bicyclic) bond motifs is 1. The van der Waals surface area contributed by atoms with Crippen molar-refractivity contribution in [1.82, 2.24) is 4.98 Å². The van der Waals surface area contributed by atoms with Gasteiger partial charge in [0.1, 0.15) is 10.6 Å². The Hall–Kier alpha value is -3.00. The van der Waals surface area contributed by atoms with Crippen LogP contribution in [0.5, 0.6) is 11.5 Å². The number of ether oxygens (including phenoxy) is 2. The predicted molar refractivity (Wildman–Crippen MR) is 93.4 cm³/mol. The standard InChI is InChI=1S/C17H15N3O4S/c1-10-15(25-17(19-10)18-8-12-3-2-6-22-12)16(21)20-11-4-5-13-14(7-11)24-9-23-13/h2-7H,8-9H2,1H3,(H,18,19)(H,20,21). The molecule has 3 aromatic rings. The minimum absolute atomic E-state index is 0.200. The highest BCUT2D eigenvalue weighted by Crippen LogP contribution is 2.34. The summed E-state index contributed by atoms with van der Waals surface area (Å²) in [6, 6.07) is 8.99. The first-order valence-electron chi connectivity index (χ1n) is 7.64. The number of hydrogen-bond donors (Lipinski definition) is 2. The second kappa shape index (κ2) is 6.48. The third-order valence-corrected chi connectivity index (χ3v) is 4.74. The highest BCUT2D eigenvalue weighted by molar-refractivity contribution is 7.17. The van der Waals surface area contributed by atoms with Crippen LogP contribution in [0.4, 0.5) is 10.8 Å². The van der Waals surface area contributed by atoms with E-state index >= 15 is 0 Å². The molecule has 1 aromatic carbocycles. The van der Waals surface area contributed by atoms with Crippen molar-refractivity contribution in [3.63, 3.8) is 0 Å². The first-order chi connectivity index (χ1) is 12.2. The molecule has 2 aromatic heterocycles. The number of hydrogen-bond acceptors (Lipinski definition) is 7. The van der Waals surface area contributed by atoms with Gasteiger partial charge in [-0.15, -0.1) is 0 Å². The third kappa shape index (κ3) is 3.29. The van der Waals surface area contributed by atoms with Crippen LogP contribution in [0.2, 0.25) is 0 Å². The molecular formula is C17H15N3O4S. The molecule has 4 rings (SSSR count). The topological polar surface area (TPSA) is 85.6 Å². The van der Waals surface area contributed by atoms with Gasteiger partial charge in [0.2, 0.25) is 6.79 Å². The lowest BCUT2D eigenvalue weighted by Gasteiger charge is -2.05. The highest BCUT2D eigenvalue weighted by atomic mass is 32.1. The Morgan fingerprint density at radius 3 is 3.00 bits per heavy atom. The number of furan rings is 1. The number of amides is 1. The van der Waals surface area contributed by atoms with Crippen molar-refractivity contribution in [3.8, 4) is 11.5 Å². The van der Waals surface area contributed by atoms with Crippen LogP contribution in [0, 0.1) is 6.92 Å². The van der Waals surface area contributed by atoms with E-state index < -0.39 is 0 Å². The van der Waals surface area contributed by atoms with Crippen molar-refractivity contribution in [3.05, 3.63) is 52.9 Å². The van der Waals surface area contributed by atoms with Gasteiger partial charge in [0, 0.05) is 11.8 Å². The minimum Gasteiger partial charge on any atom is -0.467 e. The fourth-order valence-electron chi connectivity index (χ4n) is 2.42. The highest BCUT2D eigenvalue weighted by Gasteiger charge is 2.18. The molecule has 2 N–H and O–H groups in total. The number of nitrogens with one attached hydrogen (secondary N) is 2. The average molecular weight is 357 g/mol. The van der Waals surface area contributed by atoms with Crippen molar-refractivity contribution in [2.24, 2.45) is 0 Å². The number of thiazole rings is 1. The number of carbonyl (C=O) groups is 1. The smallest absolute Gasteiger partial charge is 0.267 e. The molecule has 7 nitrogen and oxygen atoms in total. The van der Waals surface area contributed by atoms with E-state index in [1.54, 1.807) is 24.5 Å². The van der Waals surface area contributed by atoms with E-state index in [0.717, 1.165) is 5.76 Å². The van der Waals surface area contributed by atoms with Gasteiger partial charge >= 0.3 is 0 Å². The van der Waals surface area contributed by atoms with Gasteiger partial charge in [-0.1, -0.05) is 11.3 Å². The van der Waals surface area contributed by atoms with Crippen LogP contribution in [-0.2, 0) is 6.54 Å². The van der Waals surface area contributed by atoms with Crippen LogP contribution in [0.1, 0.15) is 21.1 Å². The molecule has 0 fully saturated rings. The number of aryl methyl sites for hydroxylation is 1. The number of rotatable bonds is 5. The van der Waals surface area contributed by atoms with Crippen molar-refractivity contribution >= 4 is 28.1 Å². The zero-order chi connectivity index (χ0) is 17.2. The monoisotopic (exact) mass is 357 g/mol. The van der Waals surface area contributed by atoms with E-state index in [1.165, 1.54) is 11.3 Å². The average Bonchev–Trinajstić information content (AvgIpc) is 3.33. The Bertz CT molecular complexity index is 905. The summed E-state index contributed by atoms with van der Waals surface area (Å²) in [6.45, 7) is 2.53. The Morgan fingerprint density at radius 2 is 2.16 bits per heavy atom. The first kappa shape index (κ1) is 15.5. The normalized spacial score (nSPS) is 12.2.